The lowest BCUT2D eigenvalue weighted by Gasteiger charge is -2.24. The number of hydrogen-bond donors (Lipinski definition) is 1. The van der Waals surface area contributed by atoms with Crippen molar-refractivity contribution in [1.29, 1.82) is 0 Å². The van der Waals surface area contributed by atoms with Crippen LogP contribution in [0.2, 0.25) is 0 Å². The number of amides is 2. The van der Waals surface area contributed by atoms with E-state index in [4.69, 9.17) is 4.74 Å². The number of hydrogen-bond acceptors (Lipinski definition) is 4. The highest BCUT2D eigenvalue weighted by Crippen LogP contribution is 2.24. The molecule has 3 rings (SSSR count). The Bertz CT molecular complexity index is 986. The lowest BCUT2D eigenvalue weighted by molar-refractivity contribution is 0.248. The van der Waals surface area contributed by atoms with Crippen LogP contribution in [0.5, 0.6) is 5.75 Å². The number of ether oxygens (including phenoxy) is 1. The van der Waals surface area contributed by atoms with Gasteiger partial charge < -0.3 is 15.0 Å². The molecule has 2 aromatic rings. The molecule has 40 heavy (non-hydrogen) atoms. The molecule has 1 heterocycles. The fourth-order valence-electron chi connectivity index (χ4n) is 4.89. The maximum Gasteiger partial charge on any atom is 0.321 e. The third-order valence-electron chi connectivity index (χ3n) is 7.21. The van der Waals surface area contributed by atoms with Crippen molar-refractivity contribution in [2.45, 2.75) is 97.1 Å². The number of urea groups is 1. The van der Waals surface area contributed by atoms with Gasteiger partial charge in [-0.05, 0) is 47.2 Å². The van der Waals surface area contributed by atoms with Crippen molar-refractivity contribution in [3.8, 4) is 5.75 Å². The van der Waals surface area contributed by atoms with Crippen molar-refractivity contribution in [1.82, 2.24) is 10.2 Å². The largest absolute Gasteiger partial charge is 0.494 e. The number of nitrogens with one attached hydrogen (secondary N) is 1. The van der Waals surface area contributed by atoms with E-state index in [0.29, 0.717) is 6.54 Å². The van der Waals surface area contributed by atoms with Crippen LogP contribution in [-0.4, -0.2) is 30.5 Å². The molecule has 0 aliphatic carbocycles. The number of thioether (sulfide) groups is 1. The van der Waals surface area contributed by atoms with Gasteiger partial charge in [0.05, 0.1) is 19.0 Å². The molecule has 1 N–H and O–H groups in total. The van der Waals surface area contributed by atoms with Crippen LogP contribution in [0, 0.1) is 0 Å². The minimum absolute atomic E-state index is 0. The topological polar surface area (TPSA) is 44.8 Å². The molecule has 0 unspecified atom stereocenters. The highest BCUT2D eigenvalue weighted by atomic mass is 79.9. The van der Waals surface area contributed by atoms with E-state index in [1.165, 1.54) is 76.2 Å². The van der Waals surface area contributed by atoms with Gasteiger partial charge in [0.25, 0.3) is 0 Å². The molecule has 222 valence electrons. The average Bonchev–Trinajstić information content (AvgIpc) is 3.47. The molecule has 0 spiro atoms. The third kappa shape index (κ3) is 13.0. The summed E-state index contributed by atoms with van der Waals surface area (Å²) in [6.45, 7) is 4.38. The normalized spacial score (nSPS) is 12.3. The smallest absolute Gasteiger partial charge is 0.321 e. The molecule has 0 radical (unpaired) electrons. The molecule has 0 saturated carbocycles. The van der Waals surface area contributed by atoms with Gasteiger partial charge in [-0.3, -0.25) is 4.90 Å². The van der Waals surface area contributed by atoms with Gasteiger partial charge in [-0.1, -0.05) is 102 Å². The molecule has 0 aromatic heterocycles. The molecular formula is C33H50BrN3O2S. The summed E-state index contributed by atoms with van der Waals surface area (Å²) in [5, 5.41) is 4.91. The third-order valence-corrected chi connectivity index (χ3v) is 8.00. The monoisotopic (exact) mass is 631 g/mol. The van der Waals surface area contributed by atoms with Crippen LogP contribution in [0.15, 0.2) is 60.1 Å². The van der Waals surface area contributed by atoms with Crippen LogP contribution in [0.3, 0.4) is 0 Å². The van der Waals surface area contributed by atoms with Crippen molar-refractivity contribution in [3.63, 3.8) is 0 Å². The summed E-state index contributed by atoms with van der Waals surface area (Å²) in [7, 11) is 1.68. The second-order valence-corrected chi connectivity index (χ2v) is 11.4. The number of unbranched alkanes of at least 4 members (excludes halogenated alkanes) is 11. The summed E-state index contributed by atoms with van der Waals surface area (Å²) in [5.41, 5.74) is 3.16. The Morgan fingerprint density at radius 1 is 0.900 bits per heavy atom. The number of anilines is 1. The van der Waals surface area contributed by atoms with E-state index in [-0.39, 0.29) is 23.0 Å². The second-order valence-electron chi connectivity index (χ2n) is 10.5. The van der Waals surface area contributed by atoms with E-state index in [0.717, 1.165) is 42.4 Å². The summed E-state index contributed by atoms with van der Waals surface area (Å²) in [6, 6.07) is 16.3. The van der Waals surface area contributed by atoms with Gasteiger partial charge in [-0.15, -0.1) is 28.7 Å². The number of benzene rings is 2. The Balaban J connectivity index is 0.00000560. The highest BCUT2D eigenvalue weighted by Gasteiger charge is 2.16. The maximum atomic E-state index is 12.8. The van der Waals surface area contributed by atoms with Crippen LogP contribution in [-0.2, 0) is 13.1 Å². The molecule has 2 aromatic carbocycles. The van der Waals surface area contributed by atoms with Gasteiger partial charge in [0.15, 0.2) is 0 Å². The fraction of sp³-hybridized carbons (Fsp3) is 0.545. The van der Waals surface area contributed by atoms with Gasteiger partial charge in [0.2, 0.25) is 0 Å². The maximum absolute atomic E-state index is 12.8. The second kappa shape index (κ2) is 20.7. The molecule has 1 aliphatic heterocycles. The molecule has 0 saturated heterocycles. The summed E-state index contributed by atoms with van der Waals surface area (Å²) in [5.74, 6) is 1.86. The predicted octanol–water partition coefficient (Wildman–Crippen LogP) is 9.67. The zero-order valence-electron chi connectivity index (χ0n) is 24.6. The zero-order valence-corrected chi connectivity index (χ0v) is 27.1. The Morgan fingerprint density at radius 3 is 2.15 bits per heavy atom. The Hall–Kier alpha value is -2.12. The average molecular weight is 633 g/mol. The van der Waals surface area contributed by atoms with Crippen molar-refractivity contribution in [2.24, 2.45) is 0 Å². The van der Waals surface area contributed by atoms with E-state index in [2.05, 4.69) is 53.0 Å². The van der Waals surface area contributed by atoms with Crippen LogP contribution < -0.4 is 15.0 Å². The van der Waals surface area contributed by atoms with Crippen molar-refractivity contribution in [3.05, 3.63) is 71.3 Å². The molecular weight excluding hydrogens is 582 g/mol. The van der Waals surface area contributed by atoms with E-state index in [9.17, 15) is 4.79 Å². The van der Waals surface area contributed by atoms with Crippen LogP contribution in [0.4, 0.5) is 10.5 Å². The Labute approximate surface area is 257 Å². The van der Waals surface area contributed by atoms with E-state index >= 15 is 0 Å². The van der Waals surface area contributed by atoms with Gasteiger partial charge in [0, 0.05) is 25.5 Å². The molecule has 5 nitrogen and oxygen atoms in total. The summed E-state index contributed by atoms with van der Waals surface area (Å²) in [6.07, 6.45) is 18.3. The predicted molar refractivity (Wildman–Crippen MR) is 178 cm³/mol. The minimum Gasteiger partial charge on any atom is -0.494 e. The number of carbonyl (C=O) groups is 1. The molecule has 7 heteroatoms. The molecule has 0 atom stereocenters. The van der Waals surface area contributed by atoms with Crippen LogP contribution in [0.1, 0.15) is 95.1 Å². The van der Waals surface area contributed by atoms with Crippen LogP contribution >= 0.6 is 28.7 Å². The first-order valence-corrected chi connectivity index (χ1v) is 16.1. The summed E-state index contributed by atoms with van der Waals surface area (Å²) in [4.78, 5) is 16.8. The number of rotatable bonds is 19. The Kier molecular flexibility index (Phi) is 17.6. The standard InChI is InChI=1S/C33H49N3O2S.BrH/c1-3-4-5-6-7-8-9-10-11-12-13-14-23-38-32-20-18-29(19-21-32)27-36(33(37)34-2)31-17-15-16-30(25-31)26-35-22-24-39-28-35;/h15-22,24-25H,3-14,23,26-28H2,1-2H3,(H,34,37);1H. The zero-order chi connectivity index (χ0) is 27.5. The quantitative estimate of drug-likeness (QED) is 0.157. The first kappa shape index (κ1) is 34.1. The number of halogens is 1. The number of carbonyl (C=O) groups excluding carboxylic acids is 1. The molecule has 2 amide bonds. The molecule has 0 bridgehead atoms. The van der Waals surface area contributed by atoms with Crippen LogP contribution in [0.25, 0.3) is 0 Å². The fourth-order valence-corrected chi connectivity index (χ4v) is 5.60. The highest BCUT2D eigenvalue weighted by molar-refractivity contribution is 8.93. The van der Waals surface area contributed by atoms with Crippen molar-refractivity contribution < 1.29 is 9.53 Å². The lowest BCUT2D eigenvalue weighted by Crippen LogP contribution is -2.37. The first-order chi connectivity index (χ1) is 19.2. The number of nitrogens with zero attached hydrogens (tertiary/aromatic N) is 2. The van der Waals surface area contributed by atoms with E-state index in [1.807, 2.05) is 24.3 Å². The molecule has 1 aliphatic rings. The van der Waals surface area contributed by atoms with Gasteiger partial charge >= 0.3 is 6.03 Å². The van der Waals surface area contributed by atoms with Gasteiger partial charge in [-0.2, -0.15) is 0 Å². The lowest BCUT2D eigenvalue weighted by atomic mass is 10.1. The van der Waals surface area contributed by atoms with Gasteiger partial charge in [0.1, 0.15) is 5.75 Å². The summed E-state index contributed by atoms with van der Waals surface area (Å²) >= 11 is 1.80. The summed E-state index contributed by atoms with van der Waals surface area (Å²) < 4.78 is 5.99. The Morgan fingerprint density at radius 2 is 1.55 bits per heavy atom. The van der Waals surface area contributed by atoms with Gasteiger partial charge in [-0.25, -0.2) is 4.79 Å². The van der Waals surface area contributed by atoms with Crippen molar-refractivity contribution >= 4 is 40.5 Å². The first-order valence-electron chi connectivity index (χ1n) is 15.0. The van der Waals surface area contributed by atoms with Crippen molar-refractivity contribution in [2.75, 3.05) is 24.4 Å². The van der Waals surface area contributed by atoms with E-state index in [1.54, 1.807) is 23.7 Å². The molecule has 0 fully saturated rings. The van der Waals surface area contributed by atoms with E-state index < -0.39 is 0 Å². The minimum atomic E-state index is -0.115. The SMILES string of the molecule is Br.CCCCCCCCCCCCCCOc1ccc(CN(C(=O)NC)c2cccc(CN3C=CSC3)c2)cc1.